The Kier molecular flexibility index (Phi) is 6.14. The fourth-order valence-corrected chi connectivity index (χ4v) is 1.75. The molecule has 5 nitrogen and oxygen atoms in total. The van der Waals surface area contributed by atoms with Gasteiger partial charge in [0.2, 0.25) is 0 Å². The maximum Gasteiger partial charge on any atom is 0.272 e. The van der Waals surface area contributed by atoms with Gasteiger partial charge >= 0.3 is 0 Å². The molecule has 0 unspecified atom stereocenters. The number of nitro benzene ring substituents is 1. The lowest BCUT2D eigenvalue weighted by molar-refractivity contribution is -0.385. The van der Waals surface area contributed by atoms with Gasteiger partial charge < -0.3 is 10.1 Å². The number of aryl methyl sites for hydroxylation is 1. The molecule has 0 aliphatic rings. The third-order valence-electron chi connectivity index (χ3n) is 2.75. The zero-order valence-electron chi connectivity index (χ0n) is 10.9. The van der Waals surface area contributed by atoms with Gasteiger partial charge in [-0.1, -0.05) is 0 Å². The highest BCUT2D eigenvalue weighted by Crippen LogP contribution is 2.21. The minimum Gasteiger partial charge on any atom is -0.385 e. The number of hydrogen-bond donors (Lipinski definition) is 1. The molecule has 0 aliphatic heterocycles. The second-order valence-electron chi connectivity index (χ2n) is 4.24. The van der Waals surface area contributed by atoms with Crippen LogP contribution in [-0.4, -0.2) is 25.2 Å². The number of ether oxygens (including phenoxy) is 1. The molecule has 0 saturated heterocycles. The van der Waals surface area contributed by atoms with Crippen molar-refractivity contribution in [2.24, 2.45) is 0 Å². The van der Waals surface area contributed by atoms with Gasteiger partial charge in [-0.2, -0.15) is 0 Å². The van der Waals surface area contributed by atoms with Gasteiger partial charge in [0, 0.05) is 37.6 Å². The number of benzene rings is 1. The van der Waals surface area contributed by atoms with Crippen molar-refractivity contribution in [3.8, 4) is 0 Å². The van der Waals surface area contributed by atoms with Crippen molar-refractivity contribution < 1.29 is 9.66 Å². The third-order valence-corrected chi connectivity index (χ3v) is 2.75. The Morgan fingerprint density at radius 1 is 1.33 bits per heavy atom. The second-order valence-corrected chi connectivity index (χ2v) is 4.24. The van der Waals surface area contributed by atoms with E-state index >= 15 is 0 Å². The smallest absolute Gasteiger partial charge is 0.272 e. The van der Waals surface area contributed by atoms with Crippen LogP contribution in [0.3, 0.4) is 0 Å². The Morgan fingerprint density at radius 2 is 2.11 bits per heavy atom. The first-order valence-electron chi connectivity index (χ1n) is 6.13. The first-order chi connectivity index (χ1) is 8.65. The van der Waals surface area contributed by atoms with Crippen molar-refractivity contribution in [2.45, 2.75) is 26.2 Å². The molecule has 0 amide bonds. The van der Waals surface area contributed by atoms with E-state index in [1.807, 2.05) is 6.07 Å². The van der Waals surface area contributed by atoms with Crippen molar-refractivity contribution in [2.75, 3.05) is 25.6 Å². The number of unbranched alkanes of at least 4 members (excludes halogenated alkanes) is 2. The first-order valence-corrected chi connectivity index (χ1v) is 6.13. The summed E-state index contributed by atoms with van der Waals surface area (Å²) in [6, 6.07) is 5.11. The summed E-state index contributed by atoms with van der Waals surface area (Å²) in [6.07, 6.45) is 3.25. The van der Waals surface area contributed by atoms with E-state index < -0.39 is 0 Å². The summed E-state index contributed by atoms with van der Waals surface area (Å²) >= 11 is 0. The average Bonchev–Trinajstić information content (AvgIpc) is 2.33. The number of rotatable bonds is 8. The fourth-order valence-electron chi connectivity index (χ4n) is 1.75. The van der Waals surface area contributed by atoms with Gasteiger partial charge in [0.25, 0.3) is 5.69 Å². The lowest BCUT2D eigenvalue weighted by atomic mass is 10.1. The Bertz CT molecular complexity index is 394. The maximum atomic E-state index is 10.7. The van der Waals surface area contributed by atoms with Crippen molar-refractivity contribution in [3.63, 3.8) is 0 Å². The van der Waals surface area contributed by atoms with Crippen LogP contribution in [0.1, 0.15) is 24.8 Å². The topological polar surface area (TPSA) is 64.4 Å². The Balaban J connectivity index is 2.35. The molecule has 18 heavy (non-hydrogen) atoms. The van der Waals surface area contributed by atoms with Gasteiger partial charge in [-0.05, 0) is 38.3 Å². The zero-order chi connectivity index (χ0) is 13.4. The molecule has 0 fully saturated rings. The summed E-state index contributed by atoms with van der Waals surface area (Å²) in [6.45, 7) is 3.43. The SMILES string of the molecule is COCCCCCNc1ccc([N+](=O)[O-])c(C)c1. The molecule has 0 aromatic heterocycles. The summed E-state index contributed by atoms with van der Waals surface area (Å²) in [5.74, 6) is 0. The quantitative estimate of drug-likeness (QED) is 0.438. The van der Waals surface area contributed by atoms with E-state index in [1.165, 1.54) is 0 Å². The fraction of sp³-hybridized carbons (Fsp3) is 0.538. The van der Waals surface area contributed by atoms with Gasteiger partial charge in [0.1, 0.15) is 0 Å². The number of methoxy groups -OCH3 is 1. The summed E-state index contributed by atoms with van der Waals surface area (Å²) in [4.78, 5) is 10.3. The molecule has 100 valence electrons. The summed E-state index contributed by atoms with van der Waals surface area (Å²) in [5, 5.41) is 13.9. The predicted molar refractivity (Wildman–Crippen MR) is 72.1 cm³/mol. The minimum atomic E-state index is -0.357. The van der Waals surface area contributed by atoms with Crippen LogP contribution in [0.4, 0.5) is 11.4 Å². The van der Waals surface area contributed by atoms with Crippen LogP contribution in [0.15, 0.2) is 18.2 Å². The molecule has 1 aromatic rings. The normalized spacial score (nSPS) is 10.3. The molecule has 0 saturated carbocycles. The number of nitro groups is 1. The molecule has 0 spiro atoms. The van der Waals surface area contributed by atoms with Crippen LogP contribution in [0.5, 0.6) is 0 Å². The molecular formula is C13H20N2O3. The van der Waals surface area contributed by atoms with Crippen molar-refractivity contribution in [1.29, 1.82) is 0 Å². The molecule has 5 heteroatoms. The molecule has 1 aromatic carbocycles. The van der Waals surface area contributed by atoms with E-state index in [0.717, 1.165) is 38.1 Å². The predicted octanol–water partition coefficient (Wildman–Crippen LogP) is 3.13. The molecule has 1 rings (SSSR count). The zero-order valence-corrected chi connectivity index (χ0v) is 10.9. The first kappa shape index (κ1) is 14.4. The highest BCUT2D eigenvalue weighted by atomic mass is 16.6. The van der Waals surface area contributed by atoms with Crippen LogP contribution in [-0.2, 0) is 4.74 Å². The van der Waals surface area contributed by atoms with E-state index in [9.17, 15) is 10.1 Å². The molecular weight excluding hydrogens is 232 g/mol. The number of nitrogens with one attached hydrogen (secondary N) is 1. The van der Waals surface area contributed by atoms with E-state index in [1.54, 1.807) is 26.2 Å². The third kappa shape index (κ3) is 4.71. The van der Waals surface area contributed by atoms with Gasteiger partial charge in [-0.3, -0.25) is 10.1 Å². The number of nitrogens with zero attached hydrogens (tertiary/aromatic N) is 1. The van der Waals surface area contributed by atoms with E-state index in [2.05, 4.69) is 5.32 Å². The largest absolute Gasteiger partial charge is 0.385 e. The van der Waals surface area contributed by atoms with Crippen molar-refractivity contribution in [1.82, 2.24) is 0 Å². The van der Waals surface area contributed by atoms with Gasteiger partial charge in [0.05, 0.1) is 4.92 Å². The monoisotopic (exact) mass is 252 g/mol. The Morgan fingerprint density at radius 3 is 2.72 bits per heavy atom. The summed E-state index contributed by atoms with van der Waals surface area (Å²) in [7, 11) is 1.71. The second kappa shape index (κ2) is 7.66. The van der Waals surface area contributed by atoms with Crippen LogP contribution in [0.2, 0.25) is 0 Å². The van der Waals surface area contributed by atoms with E-state index in [4.69, 9.17) is 4.74 Å². The van der Waals surface area contributed by atoms with Crippen LogP contribution < -0.4 is 5.32 Å². The standard InChI is InChI=1S/C13H20N2O3/c1-11-10-12(6-7-13(11)15(16)17)14-8-4-3-5-9-18-2/h6-7,10,14H,3-5,8-9H2,1-2H3. The Hall–Kier alpha value is -1.62. The molecule has 1 N–H and O–H groups in total. The van der Waals surface area contributed by atoms with Crippen molar-refractivity contribution in [3.05, 3.63) is 33.9 Å². The average molecular weight is 252 g/mol. The highest BCUT2D eigenvalue weighted by Gasteiger charge is 2.09. The van der Waals surface area contributed by atoms with Crippen LogP contribution >= 0.6 is 0 Å². The lowest BCUT2D eigenvalue weighted by Gasteiger charge is -2.07. The molecule has 0 bridgehead atoms. The summed E-state index contributed by atoms with van der Waals surface area (Å²) < 4.78 is 4.97. The highest BCUT2D eigenvalue weighted by molar-refractivity contribution is 5.53. The van der Waals surface area contributed by atoms with Gasteiger partial charge in [-0.25, -0.2) is 0 Å². The van der Waals surface area contributed by atoms with Crippen molar-refractivity contribution >= 4 is 11.4 Å². The molecule has 0 aliphatic carbocycles. The molecule has 0 radical (unpaired) electrons. The number of hydrogen-bond acceptors (Lipinski definition) is 4. The molecule has 0 atom stereocenters. The maximum absolute atomic E-state index is 10.7. The van der Waals surface area contributed by atoms with Gasteiger partial charge in [0.15, 0.2) is 0 Å². The number of anilines is 1. The molecule has 0 heterocycles. The lowest BCUT2D eigenvalue weighted by Crippen LogP contribution is -2.03. The van der Waals surface area contributed by atoms with Gasteiger partial charge in [-0.15, -0.1) is 0 Å². The van der Waals surface area contributed by atoms with Crippen LogP contribution in [0.25, 0.3) is 0 Å². The van der Waals surface area contributed by atoms with E-state index in [0.29, 0.717) is 5.56 Å². The van der Waals surface area contributed by atoms with E-state index in [-0.39, 0.29) is 10.6 Å². The Labute approximate surface area is 107 Å². The van der Waals surface area contributed by atoms with Crippen LogP contribution in [0, 0.1) is 17.0 Å². The minimum absolute atomic E-state index is 0.167. The summed E-state index contributed by atoms with van der Waals surface area (Å²) in [5.41, 5.74) is 1.79.